The summed E-state index contributed by atoms with van der Waals surface area (Å²) in [5.41, 5.74) is 0. The zero-order valence-corrected chi connectivity index (χ0v) is 7.75. The van der Waals surface area contributed by atoms with Crippen LogP contribution in [0.5, 0.6) is 0 Å². The zero-order chi connectivity index (χ0) is 8.55. The molecule has 2 fully saturated rings. The number of hydrogen-bond donors (Lipinski definition) is 0. The van der Waals surface area contributed by atoms with E-state index in [0.717, 1.165) is 25.3 Å². The van der Waals surface area contributed by atoms with E-state index in [2.05, 4.69) is 11.9 Å². The Bertz CT molecular complexity index is 190. The van der Waals surface area contributed by atoms with Gasteiger partial charge in [-0.2, -0.15) is 0 Å². The van der Waals surface area contributed by atoms with Crippen LogP contribution in [-0.2, 0) is 4.79 Å². The molecule has 0 aromatic carbocycles. The second kappa shape index (κ2) is 3.17. The van der Waals surface area contributed by atoms with Gasteiger partial charge in [0.15, 0.2) is 0 Å². The van der Waals surface area contributed by atoms with Crippen molar-refractivity contribution in [2.24, 2.45) is 11.8 Å². The van der Waals surface area contributed by atoms with E-state index in [1.54, 1.807) is 0 Å². The first kappa shape index (κ1) is 8.24. The maximum Gasteiger partial charge on any atom is 0.137 e. The molecule has 1 aliphatic heterocycles. The van der Waals surface area contributed by atoms with Crippen LogP contribution in [-0.4, -0.2) is 30.8 Å². The SMILES string of the molecule is CN1CCC2CCCC(=O)C2C1. The quantitative estimate of drug-likeness (QED) is 0.542. The molecule has 2 atom stereocenters. The van der Waals surface area contributed by atoms with Gasteiger partial charge in [-0.25, -0.2) is 0 Å². The maximum absolute atomic E-state index is 11.5. The maximum atomic E-state index is 11.5. The second-order valence-electron chi connectivity index (χ2n) is 4.28. The average molecular weight is 167 g/mol. The lowest BCUT2D eigenvalue weighted by Gasteiger charge is -2.38. The third-order valence-corrected chi connectivity index (χ3v) is 3.37. The smallest absolute Gasteiger partial charge is 0.137 e. The Hall–Kier alpha value is -0.370. The van der Waals surface area contributed by atoms with E-state index in [-0.39, 0.29) is 0 Å². The molecule has 0 spiro atoms. The summed E-state index contributed by atoms with van der Waals surface area (Å²) in [5.74, 6) is 1.64. The standard InChI is InChI=1S/C10H17NO/c1-11-6-5-8-3-2-4-10(12)9(8)7-11/h8-9H,2-7H2,1H3. The predicted octanol–water partition coefficient (Wildman–Crippen LogP) is 1.31. The fourth-order valence-electron chi connectivity index (χ4n) is 2.60. The van der Waals surface area contributed by atoms with Crippen LogP contribution in [0.4, 0.5) is 0 Å². The summed E-state index contributed by atoms with van der Waals surface area (Å²) in [5, 5.41) is 0. The number of carbonyl (C=O) groups excluding carboxylic acids is 1. The summed E-state index contributed by atoms with van der Waals surface area (Å²) in [6.45, 7) is 2.21. The van der Waals surface area contributed by atoms with Gasteiger partial charge in [0.1, 0.15) is 5.78 Å². The minimum absolute atomic E-state index is 0.387. The molecule has 0 radical (unpaired) electrons. The van der Waals surface area contributed by atoms with E-state index in [0.29, 0.717) is 11.7 Å². The number of rotatable bonds is 0. The summed E-state index contributed by atoms with van der Waals surface area (Å²) < 4.78 is 0. The molecule has 0 aromatic heterocycles. The summed E-state index contributed by atoms with van der Waals surface area (Å²) in [6.07, 6.45) is 4.52. The lowest BCUT2D eigenvalue weighted by Crippen LogP contribution is -2.43. The number of ketones is 1. The van der Waals surface area contributed by atoms with Gasteiger partial charge in [-0.3, -0.25) is 4.79 Å². The van der Waals surface area contributed by atoms with Crippen LogP contribution >= 0.6 is 0 Å². The molecule has 0 amide bonds. The molecular formula is C10H17NO. The third kappa shape index (κ3) is 1.40. The fourth-order valence-corrected chi connectivity index (χ4v) is 2.60. The van der Waals surface area contributed by atoms with Crippen molar-refractivity contribution in [2.45, 2.75) is 25.7 Å². The van der Waals surface area contributed by atoms with Crippen molar-refractivity contribution in [3.05, 3.63) is 0 Å². The monoisotopic (exact) mass is 167 g/mol. The summed E-state index contributed by atoms with van der Waals surface area (Å²) >= 11 is 0. The number of carbonyl (C=O) groups is 1. The van der Waals surface area contributed by atoms with Crippen molar-refractivity contribution < 1.29 is 4.79 Å². The molecule has 1 saturated carbocycles. The highest BCUT2D eigenvalue weighted by molar-refractivity contribution is 5.82. The van der Waals surface area contributed by atoms with Gasteiger partial charge < -0.3 is 4.90 Å². The van der Waals surface area contributed by atoms with Crippen molar-refractivity contribution in [3.8, 4) is 0 Å². The summed E-state index contributed by atoms with van der Waals surface area (Å²) in [7, 11) is 2.12. The van der Waals surface area contributed by atoms with Crippen molar-refractivity contribution in [3.63, 3.8) is 0 Å². The van der Waals surface area contributed by atoms with E-state index in [1.165, 1.54) is 19.4 Å². The molecule has 2 nitrogen and oxygen atoms in total. The fraction of sp³-hybridized carbons (Fsp3) is 0.900. The van der Waals surface area contributed by atoms with Crippen molar-refractivity contribution in [1.82, 2.24) is 4.90 Å². The molecule has 0 N–H and O–H groups in total. The molecule has 2 unspecified atom stereocenters. The molecule has 68 valence electrons. The van der Waals surface area contributed by atoms with Crippen LogP contribution in [0.25, 0.3) is 0 Å². The highest BCUT2D eigenvalue weighted by atomic mass is 16.1. The van der Waals surface area contributed by atoms with Crippen molar-refractivity contribution in [1.29, 1.82) is 0 Å². The Morgan fingerprint density at radius 3 is 3.08 bits per heavy atom. The first-order valence-corrected chi connectivity index (χ1v) is 4.98. The minimum Gasteiger partial charge on any atom is -0.306 e. The van der Waals surface area contributed by atoms with E-state index in [1.807, 2.05) is 0 Å². The normalized spacial score (nSPS) is 37.9. The van der Waals surface area contributed by atoms with Gasteiger partial charge >= 0.3 is 0 Å². The number of likely N-dealkylation sites (tertiary alicyclic amines) is 1. The molecule has 12 heavy (non-hydrogen) atoms. The van der Waals surface area contributed by atoms with Gasteiger partial charge in [0.2, 0.25) is 0 Å². The Balaban J connectivity index is 2.05. The topological polar surface area (TPSA) is 20.3 Å². The highest BCUT2D eigenvalue weighted by Crippen LogP contribution is 2.33. The van der Waals surface area contributed by atoms with Gasteiger partial charge in [0.25, 0.3) is 0 Å². The molecule has 1 heterocycles. The first-order valence-electron chi connectivity index (χ1n) is 4.98. The number of Topliss-reactive ketones (excluding diaryl/α,β-unsaturated/α-hetero) is 1. The van der Waals surface area contributed by atoms with Gasteiger partial charge in [-0.15, -0.1) is 0 Å². The molecule has 2 heteroatoms. The molecule has 1 aliphatic carbocycles. The van der Waals surface area contributed by atoms with E-state index < -0.39 is 0 Å². The Kier molecular flexibility index (Phi) is 2.18. The van der Waals surface area contributed by atoms with E-state index in [4.69, 9.17) is 0 Å². The molecule has 2 aliphatic rings. The molecule has 0 aromatic rings. The van der Waals surface area contributed by atoms with Crippen LogP contribution in [0.2, 0.25) is 0 Å². The highest BCUT2D eigenvalue weighted by Gasteiger charge is 2.34. The lowest BCUT2D eigenvalue weighted by molar-refractivity contribution is -0.128. The Morgan fingerprint density at radius 2 is 2.25 bits per heavy atom. The van der Waals surface area contributed by atoms with Crippen LogP contribution in [0.15, 0.2) is 0 Å². The number of piperidine rings is 1. The van der Waals surface area contributed by atoms with Gasteiger partial charge in [0, 0.05) is 18.9 Å². The zero-order valence-electron chi connectivity index (χ0n) is 7.75. The molecule has 2 rings (SSSR count). The van der Waals surface area contributed by atoms with E-state index in [9.17, 15) is 4.79 Å². The summed E-state index contributed by atoms with van der Waals surface area (Å²) in [6, 6.07) is 0. The average Bonchev–Trinajstić information content (AvgIpc) is 2.07. The van der Waals surface area contributed by atoms with Gasteiger partial charge in [-0.1, -0.05) is 0 Å². The molecule has 0 bridgehead atoms. The van der Waals surface area contributed by atoms with Crippen LogP contribution in [0.3, 0.4) is 0 Å². The first-order chi connectivity index (χ1) is 5.77. The predicted molar refractivity (Wildman–Crippen MR) is 48.0 cm³/mol. The Labute approximate surface area is 73.9 Å². The molecular weight excluding hydrogens is 150 g/mol. The number of nitrogens with zero attached hydrogens (tertiary/aromatic N) is 1. The van der Waals surface area contributed by atoms with Gasteiger partial charge in [0.05, 0.1) is 0 Å². The Morgan fingerprint density at radius 1 is 1.42 bits per heavy atom. The number of fused-ring (bicyclic) bond motifs is 1. The molecule has 1 saturated heterocycles. The minimum atomic E-state index is 0.387. The van der Waals surface area contributed by atoms with E-state index >= 15 is 0 Å². The lowest BCUT2D eigenvalue weighted by atomic mass is 9.74. The number of hydrogen-bond acceptors (Lipinski definition) is 2. The summed E-state index contributed by atoms with van der Waals surface area (Å²) in [4.78, 5) is 13.8. The van der Waals surface area contributed by atoms with Crippen LogP contribution in [0, 0.1) is 11.8 Å². The third-order valence-electron chi connectivity index (χ3n) is 3.37. The van der Waals surface area contributed by atoms with Crippen LogP contribution < -0.4 is 0 Å². The van der Waals surface area contributed by atoms with Crippen LogP contribution in [0.1, 0.15) is 25.7 Å². The second-order valence-corrected chi connectivity index (χ2v) is 4.28. The van der Waals surface area contributed by atoms with Crippen molar-refractivity contribution >= 4 is 5.78 Å². The van der Waals surface area contributed by atoms with Crippen molar-refractivity contribution in [2.75, 3.05) is 20.1 Å². The largest absolute Gasteiger partial charge is 0.306 e. The van der Waals surface area contributed by atoms with Gasteiger partial charge in [-0.05, 0) is 38.8 Å².